The highest BCUT2D eigenvalue weighted by molar-refractivity contribution is 7.71. The van der Waals surface area contributed by atoms with Gasteiger partial charge in [-0.25, -0.2) is 0 Å². The molecule has 0 unspecified atom stereocenters. The third kappa shape index (κ3) is 1.12. The summed E-state index contributed by atoms with van der Waals surface area (Å²) in [5.74, 6) is 1.34. The molecule has 0 aliphatic heterocycles. The Morgan fingerprint density at radius 1 is 1.46 bits per heavy atom. The summed E-state index contributed by atoms with van der Waals surface area (Å²) in [7, 11) is 0. The average Bonchev–Trinajstić information content (AvgIpc) is 2.27. The van der Waals surface area contributed by atoms with E-state index in [9.17, 15) is 0 Å². The fraction of sp³-hybridized carbons (Fsp3) is 0.250. The van der Waals surface area contributed by atoms with Crippen LogP contribution in [-0.4, -0.2) is 9.97 Å². The number of aryl methyl sites for hydroxylation is 2. The summed E-state index contributed by atoms with van der Waals surface area (Å²) in [6, 6.07) is 0. The van der Waals surface area contributed by atoms with Crippen LogP contribution in [0.25, 0.3) is 11.1 Å². The number of hydrogen-bond donors (Lipinski definition) is 2. The SMILES string of the molecule is Cc1oc2nc(=S)[nH]c(N)c2c1C. The second-order valence-corrected chi connectivity index (χ2v) is 3.31. The minimum atomic E-state index is 0.346. The highest BCUT2D eigenvalue weighted by atomic mass is 32.1. The Kier molecular flexibility index (Phi) is 1.63. The molecule has 68 valence electrons. The van der Waals surface area contributed by atoms with Gasteiger partial charge in [-0.05, 0) is 26.1 Å². The zero-order valence-electron chi connectivity index (χ0n) is 7.34. The fourth-order valence-corrected chi connectivity index (χ4v) is 1.50. The van der Waals surface area contributed by atoms with E-state index in [1.807, 2.05) is 13.8 Å². The number of furan rings is 1. The maximum atomic E-state index is 5.75. The molecule has 13 heavy (non-hydrogen) atoms. The molecule has 0 aliphatic rings. The van der Waals surface area contributed by atoms with Gasteiger partial charge in [0, 0.05) is 5.56 Å². The van der Waals surface area contributed by atoms with Crippen LogP contribution in [-0.2, 0) is 0 Å². The van der Waals surface area contributed by atoms with Gasteiger partial charge in [0.15, 0.2) is 0 Å². The second kappa shape index (κ2) is 2.56. The zero-order valence-corrected chi connectivity index (χ0v) is 8.16. The first-order chi connectivity index (χ1) is 6.09. The van der Waals surface area contributed by atoms with Crippen molar-refractivity contribution in [3.63, 3.8) is 0 Å². The average molecular weight is 195 g/mol. The van der Waals surface area contributed by atoms with Crippen LogP contribution in [0.4, 0.5) is 5.82 Å². The molecule has 0 fully saturated rings. The van der Waals surface area contributed by atoms with E-state index in [4.69, 9.17) is 22.4 Å². The number of H-pyrrole nitrogens is 1. The Bertz CT molecular complexity index is 526. The summed E-state index contributed by atoms with van der Waals surface area (Å²) in [6.07, 6.45) is 0. The van der Waals surface area contributed by atoms with E-state index in [0.717, 1.165) is 16.7 Å². The number of nitrogens with zero attached hydrogens (tertiary/aromatic N) is 1. The van der Waals surface area contributed by atoms with Crippen molar-refractivity contribution < 1.29 is 4.42 Å². The van der Waals surface area contributed by atoms with Gasteiger partial charge >= 0.3 is 0 Å². The number of hydrogen-bond acceptors (Lipinski definition) is 4. The van der Waals surface area contributed by atoms with E-state index in [1.165, 1.54) is 0 Å². The van der Waals surface area contributed by atoms with Gasteiger partial charge in [0.1, 0.15) is 11.6 Å². The number of nitrogens with two attached hydrogens (primary N) is 1. The molecule has 0 saturated heterocycles. The van der Waals surface area contributed by atoms with Gasteiger partial charge in [0.25, 0.3) is 0 Å². The summed E-state index contributed by atoms with van der Waals surface area (Å²) in [5.41, 5.74) is 7.27. The zero-order chi connectivity index (χ0) is 9.59. The van der Waals surface area contributed by atoms with Crippen LogP contribution in [0, 0.1) is 18.6 Å². The molecule has 0 aliphatic carbocycles. The number of anilines is 1. The Labute approximate surface area is 79.8 Å². The van der Waals surface area contributed by atoms with E-state index in [1.54, 1.807) is 0 Å². The number of nitrogen functional groups attached to an aromatic ring is 1. The maximum absolute atomic E-state index is 5.75. The Hall–Kier alpha value is -1.36. The van der Waals surface area contributed by atoms with Crippen LogP contribution in [0.2, 0.25) is 0 Å². The number of nitrogens with one attached hydrogen (secondary N) is 1. The Morgan fingerprint density at radius 3 is 2.85 bits per heavy atom. The number of rotatable bonds is 0. The monoisotopic (exact) mass is 195 g/mol. The molecule has 4 nitrogen and oxygen atoms in total. The molecule has 0 spiro atoms. The summed E-state index contributed by atoms with van der Waals surface area (Å²) >= 11 is 4.87. The molecule has 0 saturated carbocycles. The Morgan fingerprint density at radius 2 is 2.15 bits per heavy atom. The molecule has 2 aromatic heterocycles. The van der Waals surface area contributed by atoms with Crippen molar-refractivity contribution in [1.82, 2.24) is 9.97 Å². The van der Waals surface area contributed by atoms with Crippen molar-refractivity contribution in [3.8, 4) is 0 Å². The Balaban J connectivity index is 3.03. The van der Waals surface area contributed by atoms with Crippen molar-refractivity contribution in [2.45, 2.75) is 13.8 Å². The van der Waals surface area contributed by atoms with Gasteiger partial charge in [0.2, 0.25) is 10.5 Å². The summed E-state index contributed by atoms with van der Waals surface area (Å²) in [4.78, 5) is 6.82. The van der Waals surface area contributed by atoms with Crippen molar-refractivity contribution in [1.29, 1.82) is 0 Å². The van der Waals surface area contributed by atoms with Gasteiger partial charge in [-0.15, -0.1) is 0 Å². The van der Waals surface area contributed by atoms with Crippen LogP contribution in [0.15, 0.2) is 4.42 Å². The van der Waals surface area contributed by atoms with Gasteiger partial charge in [-0.1, -0.05) is 0 Å². The third-order valence-electron chi connectivity index (χ3n) is 2.08. The third-order valence-corrected chi connectivity index (χ3v) is 2.27. The molecule has 3 N–H and O–H groups in total. The minimum Gasteiger partial charge on any atom is -0.443 e. The molecule has 5 heteroatoms. The summed E-state index contributed by atoms with van der Waals surface area (Å²) in [5, 5.41) is 0.825. The number of aromatic amines is 1. The van der Waals surface area contributed by atoms with E-state index in [0.29, 0.717) is 16.3 Å². The molecule has 2 heterocycles. The van der Waals surface area contributed by atoms with Crippen LogP contribution in [0.5, 0.6) is 0 Å². The van der Waals surface area contributed by atoms with Crippen LogP contribution < -0.4 is 5.73 Å². The smallest absolute Gasteiger partial charge is 0.232 e. The minimum absolute atomic E-state index is 0.346. The molecule has 0 amide bonds. The van der Waals surface area contributed by atoms with E-state index in [2.05, 4.69) is 9.97 Å². The number of fused-ring (bicyclic) bond motifs is 1. The first-order valence-electron chi connectivity index (χ1n) is 3.85. The molecule has 0 bridgehead atoms. The molecule has 0 radical (unpaired) electrons. The summed E-state index contributed by atoms with van der Waals surface area (Å²) < 4.78 is 5.73. The van der Waals surface area contributed by atoms with Crippen LogP contribution in [0.3, 0.4) is 0 Å². The maximum Gasteiger partial charge on any atom is 0.232 e. The molecular formula is C8H9N3OS. The first kappa shape index (κ1) is 8.25. The van der Waals surface area contributed by atoms with E-state index >= 15 is 0 Å². The van der Waals surface area contributed by atoms with Gasteiger partial charge < -0.3 is 15.1 Å². The normalized spacial score (nSPS) is 10.9. The highest BCUT2D eigenvalue weighted by Crippen LogP contribution is 2.26. The van der Waals surface area contributed by atoms with Crippen molar-refractivity contribution in [3.05, 3.63) is 16.1 Å². The quantitative estimate of drug-likeness (QED) is 0.631. The largest absolute Gasteiger partial charge is 0.443 e. The lowest BCUT2D eigenvalue weighted by molar-refractivity contribution is 0.563. The van der Waals surface area contributed by atoms with Crippen molar-refractivity contribution in [2.75, 3.05) is 5.73 Å². The molecule has 0 atom stereocenters. The van der Waals surface area contributed by atoms with E-state index in [-0.39, 0.29) is 0 Å². The second-order valence-electron chi connectivity index (χ2n) is 2.92. The van der Waals surface area contributed by atoms with E-state index < -0.39 is 0 Å². The van der Waals surface area contributed by atoms with Gasteiger partial charge in [-0.2, -0.15) is 4.98 Å². The number of aromatic nitrogens is 2. The van der Waals surface area contributed by atoms with Crippen molar-refractivity contribution >= 4 is 29.1 Å². The molecular weight excluding hydrogens is 186 g/mol. The lowest BCUT2D eigenvalue weighted by atomic mass is 10.2. The fourth-order valence-electron chi connectivity index (χ4n) is 1.30. The molecule has 0 aromatic carbocycles. The standard InChI is InChI=1S/C8H9N3OS/c1-3-4(2)12-7-5(3)6(9)10-8(13)11-7/h1-2H3,(H3,9,10,11,13). The predicted octanol–water partition coefficient (Wildman–Crippen LogP) is 2.08. The van der Waals surface area contributed by atoms with Gasteiger partial charge in [-0.3, -0.25) is 0 Å². The predicted molar refractivity (Wildman–Crippen MR) is 53.1 cm³/mol. The lowest BCUT2D eigenvalue weighted by Crippen LogP contribution is -1.93. The molecule has 2 rings (SSSR count). The van der Waals surface area contributed by atoms with Crippen LogP contribution in [0.1, 0.15) is 11.3 Å². The van der Waals surface area contributed by atoms with Gasteiger partial charge in [0.05, 0.1) is 5.39 Å². The van der Waals surface area contributed by atoms with Crippen LogP contribution >= 0.6 is 12.2 Å². The lowest BCUT2D eigenvalue weighted by Gasteiger charge is -1.94. The summed E-state index contributed by atoms with van der Waals surface area (Å²) in [6.45, 7) is 3.82. The first-order valence-corrected chi connectivity index (χ1v) is 4.26. The molecule has 2 aromatic rings. The van der Waals surface area contributed by atoms with Crippen molar-refractivity contribution in [2.24, 2.45) is 0 Å². The topological polar surface area (TPSA) is 67.8 Å². The highest BCUT2D eigenvalue weighted by Gasteiger charge is 2.10.